The van der Waals surface area contributed by atoms with Crippen LogP contribution >= 0.6 is 0 Å². The summed E-state index contributed by atoms with van der Waals surface area (Å²) in [5.41, 5.74) is -0.0997. The Morgan fingerprint density at radius 1 is 1.03 bits per heavy atom. The van der Waals surface area contributed by atoms with Gasteiger partial charge in [0.05, 0.1) is 17.3 Å². The SMILES string of the molecule is O=C(C1CCCCC1)N1CCCC1c1ccnc(Nc2cc(C(F)(F)F)ccn2)n1. The van der Waals surface area contributed by atoms with Crippen LogP contribution < -0.4 is 5.32 Å². The molecule has 2 aromatic rings. The van der Waals surface area contributed by atoms with E-state index in [0.717, 1.165) is 56.9 Å². The average Bonchev–Trinajstić information content (AvgIpc) is 3.24. The molecule has 0 bridgehead atoms. The van der Waals surface area contributed by atoms with E-state index in [9.17, 15) is 18.0 Å². The van der Waals surface area contributed by atoms with Gasteiger partial charge in [-0.3, -0.25) is 4.79 Å². The van der Waals surface area contributed by atoms with E-state index in [4.69, 9.17) is 0 Å². The molecular formula is C21H24F3N5O. The van der Waals surface area contributed by atoms with Gasteiger partial charge in [-0.15, -0.1) is 0 Å². The van der Waals surface area contributed by atoms with Crippen molar-refractivity contribution in [3.8, 4) is 0 Å². The molecule has 1 atom stereocenters. The molecule has 0 spiro atoms. The van der Waals surface area contributed by atoms with Gasteiger partial charge in [-0.1, -0.05) is 19.3 Å². The Morgan fingerprint density at radius 3 is 2.57 bits per heavy atom. The van der Waals surface area contributed by atoms with Crippen molar-refractivity contribution in [1.82, 2.24) is 19.9 Å². The lowest BCUT2D eigenvalue weighted by Gasteiger charge is -2.30. The second-order valence-electron chi connectivity index (χ2n) is 7.88. The Labute approximate surface area is 172 Å². The molecule has 1 aliphatic carbocycles. The van der Waals surface area contributed by atoms with Gasteiger partial charge >= 0.3 is 6.18 Å². The molecule has 160 valence electrons. The van der Waals surface area contributed by atoms with Crippen LogP contribution in [0.5, 0.6) is 0 Å². The molecule has 1 aliphatic heterocycles. The number of pyridine rings is 1. The summed E-state index contributed by atoms with van der Waals surface area (Å²) in [5.74, 6) is 0.470. The van der Waals surface area contributed by atoms with Gasteiger partial charge in [-0.25, -0.2) is 15.0 Å². The molecule has 1 amide bonds. The van der Waals surface area contributed by atoms with Crippen LogP contribution in [0.25, 0.3) is 0 Å². The molecule has 2 fully saturated rings. The first-order valence-corrected chi connectivity index (χ1v) is 10.4. The summed E-state index contributed by atoms with van der Waals surface area (Å²) in [6.07, 6.45) is 5.20. The Bertz CT molecular complexity index is 898. The zero-order chi connectivity index (χ0) is 21.1. The molecule has 1 saturated heterocycles. The number of carbonyl (C=O) groups is 1. The molecule has 1 saturated carbocycles. The molecule has 2 aliphatic rings. The fourth-order valence-electron chi connectivity index (χ4n) is 4.33. The highest BCUT2D eigenvalue weighted by molar-refractivity contribution is 5.79. The topological polar surface area (TPSA) is 71.0 Å². The Morgan fingerprint density at radius 2 is 1.80 bits per heavy atom. The van der Waals surface area contributed by atoms with Crippen molar-refractivity contribution < 1.29 is 18.0 Å². The first-order valence-electron chi connectivity index (χ1n) is 10.4. The van der Waals surface area contributed by atoms with Crippen LogP contribution in [0.15, 0.2) is 30.6 Å². The minimum atomic E-state index is -4.45. The predicted octanol–water partition coefficient (Wildman–Crippen LogP) is 4.88. The van der Waals surface area contributed by atoms with Crippen LogP contribution in [0.2, 0.25) is 0 Å². The normalized spacial score (nSPS) is 20.4. The van der Waals surface area contributed by atoms with E-state index in [1.807, 2.05) is 4.90 Å². The van der Waals surface area contributed by atoms with E-state index >= 15 is 0 Å². The number of aromatic nitrogens is 3. The molecule has 1 N–H and O–H groups in total. The third-order valence-electron chi connectivity index (χ3n) is 5.84. The van der Waals surface area contributed by atoms with Crippen molar-refractivity contribution >= 4 is 17.7 Å². The molecule has 2 aromatic heterocycles. The third kappa shape index (κ3) is 4.55. The number of rotatable bonds is 4. The van der Waals surface area contributed by atoms with Crippen molar-refractivity contribution in [3.05, 3.63) is 41.9 Å². The Balaban J connectivity index is 1.51. The van der Waals surface area contributed by atoms with Crippen LogP contribution in [0.3, 0.4) is 0 Å². The number of carbonyl (C=O) groups excluding carboxylic acids is 1. The Kier molecular flexibility index (Phi) is 5.87. The van der Waals surface area contributed by atoms with E-state index in [-0.39, 0.29) is 29.6 Å². The maximum absolute atomic E-state index is 13.0. The zero-order valence-corrected chi connectivity index (χ0v) is 16.5. The summed E-state index contributed by atoms with van der Waals surface area (Å²) in [4.78, 5) is 27.5. The van der Waals surface area contributed by atoms with Gasteiger partial charge < -0.3 is 10.2 Å². The van der Waals surface area contributed by atoms with Crippen molar-refractivity contribution in [3.63, 3.8) is 0 Å². The van der Waals surface area contributed by atoms with Gasteiger partial charge in [0.1, 0.15) is 5.82 Å². The lowest BCUT2D eigenvalue weighted by molar-refractivity contribution is -0.138. The number of nitrogens with zero attached hydrogens (tertiary/aromatic N) is 4. The van der Waals surface area contributed by atoms with E-state index in [2.05, 4.69) is 20.3 Å². The van der Waals surface area contributed by atoms with Crippen molar-refractivity contribution in [1.29, 1.82) is 0 Å². The zero-order valence-electron chi connectivity index (χ0n) is 16.5. The number of halogens is 3. The summed E-state index contributed by atoms with van der Waals surface area (Å²) in [6, 6.07) is 3.47. The second kappa shape index (κ2) is 8.57. The number of alkyl halides is 3. The van der Waals surface area contributed by atoms with Gasteiger partial charge in [0.15, 0.2) is 0 Å². The van der Waals surface area contributed by atoms with Crippen LogP contribution in [-0.4, -0.2) is 32.3 Å². The molecule has 1 unspecified atom stereocenters. The molecule has 3 heterocycles. The molecule has 0 aromatic carbocycles. The highest BCUT2D eigenvalue weighted by Gasteiger charge is 2.35. The van der Waals surface area contributed by atoms with Crippen molar-refractivity contribution in [2.45, 2.75) is 57.2 Å². The molecule has 0 radical (unpaired) electrons. The first kappa shape index (κ1) is 20.6. The highest BCUT2D eigenvalue weighted by Crippen LogP contribution is 2.35. The second-order valence-corrected chi connectivity index (χ2v) is 7.88. The summed E-state index contributed by atoms with van der Waals surface area (Å²) in [6.45, 7) is 0.710. The highest BCUT2D eigenvalue weighted by atomic mass is 19.4. The smallest absolute Gasteiger partial charge is 0.334 e. The van der Waals surface area contributed by atoms with Gasteiger partial charge in [0, 0.05) is 24.9 Å². The summed E-state index contributed by atoms with van der Waals surface area (Å²) in [7, 11) is 0. The van der Waals surface area contributed by atoms with Gasteiger partial charge in [0.2, 0.25) is 11.9 Å². The number of amides is 1. The number of likely N-dealkylation sites (tertiary alicyclic amines) is 1. The maximum Gasteiger partial charge on any atom is 0.416 e. The molecule has 6 nitrogen and oxygen atoms in total. The quantitative estimate of drug-likeness (QED) is 0.765. The van der Waals surface area contributed by atoms with Crippen LogP contribution in [-0.2, 0) is 11.0 Å². The Hall–Kier alpha value is -2.71. The minimum absolute atomic E-state index is 0.0172. The van der Waals surface area contributed by atoms with E-state index < -0.39 is 11.7 Å². The standard InChI is InChI=1S/C21H24F3N5O/c22-21(23,24)15-8-10-25-18(13-15)28-20-26-11-9-16(27-20)17-7-4-12-29(17)19(30)14-5-2-1-3-6-14/h8-11,13-14,17H,1-7,12H2,(H,25,26,27,28). The molecule has 4 rings (SSSR count). The first-order chi connectivity index (χ1) is 14.4. The molecular weight excluding hydrogens is 395 g/mol. The van der Waals surface area contributed by atoms with Crippen molar-refractivity contribution in [2.75, 3.05) is 11.9 Å². The maximum atomic E-state index is 13.0. The number of hydrogen-bond donors (Lipinski definition) is 1. The van der Waals surface area contributed by atoms with Gasteiger partial charge in [-0.05, 0) is 43.9 Å². The summed E-state index contributed by atoms with van der Waals surface area (Å²) in [5, 5.41) is 2.75. The third-order valence-corrected chi connectivity index (χ3v) is 5.84. The van der Waals surface area contributed by atoms with E-state index in [1.165, 1.54) is 6.42 Å². The van der Waals surface area contributed by atoms with Gasteiger partial charge in [-0.2, -0.15) is 13.2 Å². The monoisotopic (exact) mass is 419 g/mol. The largest absolute Gasteiger partial charge is 0.416 e. The summed E-state index contributed by atoms with van der Waals surface area (Å²) >= 11 is 0. The van der Waals surface area contributed by atoms with Crippen molar-refractivity contribution in [2.24, 2.45) is 5.92 Å². The minimum Gasteiger partial charge on any atom is -0.334 e. The fraction of sp³-hybridized carbons (Fsp3) is 0.524. The lowest BCUT2D eigenvalue weighted by atomic mass is 9.88. The van der Waals surface area contributed by atoms with E-state index in [1.54, 1.807) is 12.3 Å². The van der Waals surface area contributed by atoms with Crippen LogP contribution in [0.4, 0.5) is 24.9 Å². The van der Waals surface area contributed by atoms with Gasteiger partial charge in [0.25, 0.3) is 0 Å². The fourth-order valence-corrected chi connectivity index (χ4v) is 4.33. The summed E-state index contributed by atoms with van der Waals surface area (Å²) < 4.78 is 38.8. The van der Waals surface area contributed by atoms with Crippen LogP contribution in [0, 0.1) is 5.92 Å². The predicted molar refractivity (Wildman–Crippen MR) is 105 cm³/mol. The average molecular weight is 419 g/mol. The lowest BCUT2D eigenvalue weighted by Crippen LogP contribution is -2.36. The molecule has 30 heavy (non-hydrogen) atoms. The van der Waals surface area contributed by atoms with Crippen LogP contribution in [0.1, 0.15) is 62.2 Å². The number of hydrogen-bond acceptors (Lipinski definition) is 5. The number of anilines is 2. The van der Waals surface area contributed by atoms with E-state index in [0.29, 0.717) is 12.2 Å². The number of nitrogens with one attached hydrogen (secondary N) is 1. The molecule has 9 heteroatoms.